The first-order valence-corrected chi connectivity index (χ1v) is 10.0. The standard InChI is InChI=1S/C23H27N3O2/c1-16-5-7-18(8-6-16)21-4-3-12-25(21)15-23(28)24-20-9-10-22-19(14-20)11-13-26(22)17(2)27/h5-10,14,21H,3-4,11-13,15H2,1-2H3,(H,24,28). The number of nitrogens with one attached hydrogen (secondary N) is 1. The topological polar surface area (TPSA) is 52.7 Å². The van der Waals surface area contributed by atoms with Gasteiger partial charge in [-0.3, -0.25) is 14.5 Å². The summed E-state index contributed by atoms with van der Waals surface area (Å²) in [6.45, 7) is 5.74. The SMILES string of the molecule is CC(=O)N1CCc2cc(NC(=O)CN3CCCC3c3ccc(C)cc3)ccc21. The molecule has 0 aromatic heterocycles. The number of hydrogen-bond acceptors (Lipinski definition) is 3. The van der Waals surface area contributed by atoms with E-state index in [-0.39, 0.29) is 11.8 Å². The highest BCUT2D eigenvalue weighted by atomic mass is 16.2. The van der Waals surface area contributed by atoms with Crippen molar-refractivity contribution in [2.75, 3.05) is 29.9 Å². The van der Waals surface area contributed by atoms with Crippen LogP contribution in [0, 0.1) is 6.92 Å². The van der Waals surface area contributed by atoms with Gasteiger partial charge in [-0.1, -0.05) is 29.8 Å². The van der Waals surface area contributed by atoms with Crippen molar-refractivity contribution in [2.24, 2.45) is 0 Å². The monoisotopic (exact) mass is 377 g/mol. The first-order valence-electron chi connectivity index (χ1n) is 10.0. The minimum atomic E-state index is 0.0142. The zero-order valence-electron chi connectivity index (χ0n) is 16.6. The Morgan fingerprint density at radius 2 is 1.89 bits per heavy atom. The Hall–Kier alpha value is -2.66. The van der Waals surface area contributed by atoms with Crippen LogP contribution in [-0.4, -0.2) is 36.3 Å². The van der Waals surface area contributed by atoms with E-state index in [9.17, 15) is 9.59 Å². The molecule has 2 aliphatic rings. The molecule has 1 fully saturated rings. The highest BCUT2D eigenvalue weighted by Crippen LogP contribution is 2.32. The van der Waals surface area contributed by atoms with Crippen LogP contribution in [0.4, 0.5) is 11.4 Å². The van der Waals surface area contributed by atoms with Gasteiger partial charge in [0.1, 0.15) is 0 Å². The van der Waals surface area contributed by atoms with Crippen molar-refractivity contribution >= 4 is 23.2 Å². The second-order valence-corrected chi connectivity index (χ2v) is 7.85. The highest BCUT2D eigenvalue weighted by molar-refractivity contribution is 5.96. The van der Waals surface area contributed by atoms with Gasteiger partial charge in [0.25, 0.3) is 0 Å². The first-order chi connectivity index (χ1) is 13.5. The lowest BCUT2D eigenvalue weighted by Crippen LogP contribution is -2.33. The van der Waals surface area contributed by atoms with Crippen LogP contribution in [0.25, 0.3) is 0 Å². The Balaban J connectivity index is 1.40. The summed E-state index contributed by atoms with van der Waals surface area (Å²) in [5, 5.41) is 3.04. The fourth-order valence-electron chi connectivity index (χ4n) is 4.37. The second kappa shape index (κ2) is 7.76. The van der Waals surface area contributed by atoms with Crippen molar-refractivity contribution in [1.82, 2.24) is 4.90 Å². The number of aryl methyl sites for hydroxylation is 1. The van der Waals surface area contributed by atoms with Crippen molar-refractivity contribution in [3.05, 3.63) is 59.2 Å². The number of hydrogen-bond donors (Lipinski definition) is 1. The van der Waals surface area contributed by atoms with Gasteiger partial charge in [-0.15, -0.1) is 0 Å². The number of fused-ring (bicyclic) bond motifs is 1. The van der Waals surface area contributed by atoms with Gasteiger partial charge in [-0.2, -0.15) is 0 Å². The van der Waals surface area contributed by atoms with E-state index in [1.54, 1.807) is 11.8 Å². The molecule has 0 bridgehead atoms. The molecule has 2 heterocycles. The van der Waals surface area contributed by atoms with E-state index in [1.165, 1.54) is 11.1 Å². The number of likely N-dealkylation sites (tertiary alicyclic amines) is 1. The van der Waals surface area contributed by atoms with E-state index in [0.29, 0.717) is 19.1 Å². The largest absolute Gasteiger partial charge is 0.325 e. The van der Waals surface area contributed by atoms with Crippen LogP contribution in [0.15, 0.2) is 42.5 Å². The molecular formula is C23H27N3O2. The third-order valence-corrected chi connectivity index (χ3v) is 5.81. The van der Waals surface area contributed by atoms with Crippen molar-refractivity contribution < 1.29 is 9.59 Å². The highest BCUT2D eigenvalue weighted by Gasteiger charge is 2.28. The minimum Gasteiger partial charge on any atom is -0.325 e. The fraction of sp³-hybridized carbons (Fsp3) is 0.391. The summed E-state index contributed by atoms with van der Waals surface area (Å²) < 4.78 is 0. The molecule has 2 amide bonds. The van der Waals surface area contributed by atoms with Crippen molar-refractivity contribution in [1.29, 1.82) is 0 Å². The van der Waals surface area contributed by atoms with Crippen LogP contribution in [0.1, 0.15) is 42.5 Å². The summed E-state index contributed by atoms with van der Waals surface area (Å²) in [5.41, 5.74) is 5.43. The minimum absolute atomic E-state index is 0.0142. The predicted molar refractivity (Wildman–Crippen MR) is 112 cm³/mol. The van der Waals surface area contributed by atoms with E-state index in [1.807, 2.05) is 18.2 Å². The first kappa shape index (κ1) is 18.7. The maximum Gasteiger partial charge on any atom is 0.238 e. The zero-order chi connectivity index (χ0) is 19.7. The Kier molecular flexibility index (Phi) is 5.18. The fourth-order valence-corrected chi connectivity index (χ4v) is 4.37. The Morgan fingerprint density at radius 1 is 1.11 bits per heavy atom. The lowest BCUT2D eigenvalue weighted by molar-refractivity contribution is -0.118. The lowest BCUT2D eigenvalue weighted by Gasteiger charge is -2.24. The molecule has 0 spiro atoms. The Bertz CT molecular complexity index is 891. The summed E-state index contributed by atoms with van der Waals surface area (Å²) in [6.07, 6.45) is 3.04. The maximum atomic E-state index is 12.7. The van der Waals surface area contributed by atoms with Gasteiger partial charge in [-0.05, 0) is 62.1 Å². The molecule has 1 N–H and O–H groups in total. The van der Waals surface area contributed by atoms with Crippen molar-refractivity contribution in [2.45, 2.75) is 39.2 Å². The van der Waals surface area contributed by atoms with Crippen LogP contribution >= 0.6 is 0 Å². The molecule has 4 rings (SSSR count). The summed E-state index contributed by atoms with van der Waals surface area (Å²) in [7, 11) is 0. The van der Waals surface area contributed by atoms with Crippen molar-refractivity contribution in [3.8, 4) is 0 Å². The number of benzene rings is 2. The van der Waals surface area contributed by atoms with Gasteiger partial charge in [0, 0.05) is 30.9 Å². The van der Waals surface area contributed by atoms with Crippen LogP contribution < -0.4 is 10.2 Å². The third kappa shape index (κ3) is 3.80. The van der Waals surface area contributed by atoms with Crippen molar-refractivity contribution in [3.63, 3.8) is 0 Å². The predicted octanol–water partition coefficient (Wildman–Crippen LogP) is 3.68. The number of carbonyl (C=O) groups is 2. The normalized spacial score (nSPS) is 18.9. The van der Waals surface area contributed by atoms with E-state index in [0.717, 1.165) is 42.7 Å². The second-order valence-electron chi connectivity index (χ2n) is 7.85. The molecule has 5 nitrogen and oxygen atoms in total. The molecule has 2 aromatic rings. The van der Waals surface area contributed by atoms with Gasteiger partial charge in [0.15, 0.2) is 0 Å². The van der Waals surface area contributed by atoms with E-state index >= 15 is 0 Å². The van der Waals surface area contributed by atoms with Gasteiger partial charge in [0.2, 0.25) is 11.8 Å². The quantitative estimate of drug-likeness (QED) is 0.884. The van der Waals surface area contributed by atoms with Crippen LogP contribution in [0.2, 0.25) is 0 Å². The number of nitrogens with zero attached hydrogens (tertiary/aromatic N) is 2. The number of rotatable bonds is 4. The molecule has 0 saturated carbocycles. The molecule has 0 aliphatic carbocycles. The summed E-state index contributed by atoms with van der Waals surface area (Å²) in [4.78, 5) is 28.4. The van der Waals surface area contributed by atoms with Crippen LogP contribution in [0.5, 0.6) is 0 Å². The molecular weight excluding hydrogens is 350 g/mol. The molecule has 146 valence electrons. The summed E-state index contributed by atoms with van der Waals surface area (Å²) in [5.74, 6) is 0.0760. The lowest BCUT2D eigenvalue weighted by atomic mass is 10.0. The molecule has 1 unspecified atom stereocenters. The smallest absolute Gasteiger partial charge is 0.238 e. The molecule has 28 heavy (non-hydrogen) atoms. The van der Waals surface area contributed by atoms with Gasteiger partial charge in [0.05, 0.1) is 6.54 Å². The van der Waals surface area contributed by atoms with Gasteiger partial charge in [-0.25, -0.2) is 0 Å². The zero-order valence-corrected chi connectivity index (χ0v) is 16.6. The molecule has 2 aromatic carbocycles. The average Bonchev–Trinajstić information content (AvgIpc) is 3.29. The Labute approximate surface area is 166 Å². The number of amides is 2. The van der Waals surface area contributed by atoms with Gasteiger partial charge < -0.3 is 10.2 Å². The Morgan fingerprint density at radius 3 is 2.64 bits per heavy atom. The molecule has 5 heteroatoms. The molecule has 0 radical (unpaired) electrons. The van der Waals surface area contributed by atoms with Gasteiger partial charge >= 0.3 is 0 Å². The number of anilines is 2. The van der Waals surface area contributed by atoms with E-state index in [2.05, 4.69) is 41.4 Å². The van der Waals surface area contributed by atoms with Crippen LogP contribution in [0.3, 0.4) is 0 Å². The number of carbonyl (C=O) groups excluding carboxylic acids is 2. The summed E-state index contributed by atoms with van der Waals surface area (Å²) in [6, 6.07) is 14.8. The molecule has 1 saturated heterocycles. The molecule has 2 aliphatic heterocycles. The van der Waals surface area contributed by atoms with Crippen LogP contribution in [-0.2, 0) is 16.0 Å². The average molecular weight is 377 g/mol. The van der Waals surface area contributed by atoms with E-state index < -0.39 is 0 Å². The maximum absolute atomic E-state index is 12.7. The third-order valence-electron chi connectivity index (χ3n) is 5.81. The summed E-state index contributed by atoms with van der Waals surface area (Å²) >= 11 is 0. The molecule has 1 atom stereocenters. The van der Waals surface area contributed by atoms with E-state index in [4.69, 9.17) is 0 Å².